The SMILES string of the molecule is O=C(COC(=O)c1ccc(F)cc1Cl)NCC12CC3CC(CC(C3)C1)C2. The third kappa shape index (κ3) is 3.59. The van der Waals surface area contributed by atoms with Crippen LogP contribution in [0.15, 0.2) is 18.2 Å². The average molecular weight is 380 g/mol. The highest BCUT2D eigenvalue weighted by Crippen LogP contribution is 2.59. The fourth-order valence-electron chi connectivity index (χ4n) is 5.71. The second kappa shape index (κ2) is 6.84. The first-order valence-corrected chi connectivity index (χ1v) is 9.69. The van der Waals surface area contributed by atoms with Gasteiger partial charge in [-0.05, 0) is 79.9 Å². The van der Waals surface area contributed by atoms with Crippen molar-refractivity contribution < 1.29 is 18.7 Å². The Hall–Kier alpha value is -1.62. The summed E-state index contributed by atoms with van der Waals surface area (Å²) in [7, 11) is 0. The van der Waals surface area contributed by atoms with Crippen molar-refractivity contribution in [3.05, 3.63) is 34.6 Å². The molecule has 0 atom stereocenters. The van der Waals surface area contributed by atoms with Crippen molar-refractivity contribution in [2.24, 2.45) is 23.2 Å². The number of benzene rings is 1. The standard InChI is InChI=1S/C20H23ClFNO3/c21-17-6-15(22)1-2-16(17)19(25)26-10-18(24)23-11-20-7-12-3-13(8-20)5-14(4-12)9-20/h1-2,6,12-14H,3-5,7-11H2,(H,23,24). The van der Waals surface area contributed by atoms with Gasteiger partial charge in [0.25, 0.3) is 5.91 Å². The van der Waals surface area contributed by atoms with Gasteiger partial charge in [-0.3, -0.25) is 4.79 Å². The van der Waals surface area contributed by atoms with Crippen molar-refractivity contribution in [2.75, 3.05) is 13.2 Å². The molecule has 4 aliphatic rings. The number of halogens is 2. The Morgan fingerprint density at radius 1 is 1.15 bits per heavy atom. The van der Waals surface area contributed by atoms with E-state index < -0.39 is 11.8 Å². The summed E-state index contributed by atoms with van der Waals surface area (Å²) >= 11 is 5.84. The number of hydrogen-bond acceptors (Lipinski definition) is 3. The predicted molar refractivity (Wildman–Crippen MR) is 95.3 cm³/mol. The van der Waals surface area contributed by atoms with Gasteiger partial charge >= 0.3 is 5.97 Å². The molecule has 4 bridgehead atoms. The maximum atomic E-state index is 13.0. The Bertz CT molecular complexity index is 700. The quantitative estimate of drug-likeness (QED) is 0.787. The van der Waals surface area contributed by atoms with Gasteiger partial charge in [-0.15, -0.1) is 0 Å². The van der Waals surface area contributed by atoms with Crippen LogP contribution in [-0.4, -0.2) is 25.0 Å². The normalized spacial score (nSPS) is 31.7. The van der Waals surface area contributed by atoms with Crippen LogP contribution in [0.4, 0.5) is 4.39 Å². The van der Waals surface area contributed by atoms with E-state index in [-0.39, 0.29) is 28.5 Å². The summed E-state index contributed by atoms with van der Waals surface area (Å²) in [5.74, 6) is 0.942. The summed E-state index contributed by atoms with van der Waals surface area (Å²) in [6.45, 7) is 0.323. The van der Waals surface area contributed by atoms with E-state index in [1.165, 1.54) is 44.6 Å². The summed E-state index contributed by atoms with van der Waals surface area (Å²) in [6.07, 6.45) is 7.73. The zero-order chi connectivity index (χ0) is 18.3. The van der Waals surface area contributed by atoms with E-state index in [1.807, 2.05) is 0 Å². The van der Waals surface area contributed by atoms with Crippen LogP contribution >= 0.6 is 11.6 Å². The van der Waals surface area contributed by atoms with Gasteiger partial charge in [0, 0.05) is 6.54 Å². The minimum absolute atomic E-state index is 0.0241. The van der Waals surface area contributed by atoms with Gasteiger partial charge < -0.3 is 10.1 Å². The average Bonchev–Trinajstić information content (AvgIpc) is 2.57. The molecule has 4 nitrogen and oxygen atoms in total. The van der Waals surface area contributed by atoms with Crippen LogP contribution in [0.25, 0.3) is 0 Å². The first-order valence-electron chi connectivity index (χ1n) is 9.31. The summed E-state index contributed by atoms with van der Waals surface area (Å²) in [4.78, 5) is 24.1. The molecule has 26 heavy (non-hydrogen) atoms. The second-order valence-electron chi connectivity index (χ2n) is 8.39. The van der Waals surface area contributed by atoms with E-state index in [0.717, 1.165) is 29.9 Å². The van der Waals surface area contributed by atoms with Gasteiger partial charge in [0.05, 0.1) is 10.6 Å². The van der Waals surface area contributed by atoms with Crippen LogP contribution in [0.3, 0.4) is 0 Å². The molecule has 140 valence electrons. The zero-order valence-corrected chi connectivity index (χ0v) is 15.4. The lowest BCUT2D eigenvalue weighted by Crippen LogP contribution is -2.51. The van der Waals surface area contributed by atoms with Crippen LogP contribution in [0.1, 0.15) is 48.9 Å². The minimum Gasteiger partial charge on any atom is -0.452 e. The number of carbonyl (C=O) groups is 2. The summed E-state index contributed by atoms with van der Waals surface area (Å²) in [5.41, 5.74) is 0.302. The maximum absolute atomic E-state index is 13.0. The van der Waals surface area contributed by atoms with Crippen LogP contribution in [0.2, 0.25) is 5.02 Å². The Labute approximate surface area is 157 Å². The third-order valence-corrected chi connectivity index (χ3v) is 6.62. The topological polar surface area (TPSA) is 55.4 Å². The largest absolute Gasteiger partial charge is 0.452 e. The highest BCUT2D eigenvalue weighted by molar-refractivity contribution is 6.33. The van der Waals surface area contributed by atoms with Crippen molar-refractivity contribution in [3.8, 4) is 0 Å². The van der Waals surface area contributed by atoms with Crippen molar-refractivity contribution in [2.45, 2.75) is 38.5 Å². The first-order chi connectivity index (χ1) is 12.4. The maximum Gasteiger partial charge on any atom is 0.340 e. The van der Waals surface area contributed by atoms with Crippen LogP contribution in [0, 0.1) is 29.0 Å². The Balaban J connectivity index is 1.27. The van der Waals surface area contributed by atoms with Crippen molar-refractivity contribution in [1.29, 1.82) is 0 Å². The Morgan fingerprint density at radius 3 is 2.35 bits per heavy atom. The van der Waals surface area contributed by atoms with E-state index in [4.69, 9.17) is 16.3 Å². The van der Waals surface area contributed by atoms with Gasteiger partial charge in [-0.1, -0.05) is 11.6 Å². The highest BCUT2D eigenvalue weighted by Gasteiger charge is 2.50. The van der Waals surface area contributed by atoms with Crippen molar-refractivity contribution in [3.63, 3.8) is 0 Å². The van der Waals surface area contributed by atoms with Gasteiger partial charge in [0.15, 0.2) is 6.61 Å². The number of hydrogen-bond donors (Lipinski definition) is 1. The summed E-state index contributed by atoms with van der Waals surface area (Å²) < 4.78 is 18.1. The third-order valence-electron chi connectivity index (χ3n) is 6.31. The first kappa shape index (κ1) is 17.8. The molecular weight excluding hydrogens is 357 g/mol. The fourth-order valence-corrected chi connectivity index (χ4v) is 5.95. The lowest BCUT2D eigenvalue weighted by molar-refractivity contribution is -0.126. The second-order valence-corrected chi connectivity index (χ2v) is 8.80. The summed E-state index contributed by atoms with van der Waals surface area (Å²) in [6, 6.07) is 3.44. The lowest BCUT2D eigenvalue weighted by atomic mass is 9.49. The number of rotatable bonds is 5. The molecule has 4 fully saturated rings. The van der Waals surface area contributed by atoms with Gasteiger partial charge in [0.1, 0.15) is 5.82 Å². The molecule has 0 heterocycles. The van der Waals surface area contributed by atoms with E-state index in [1.54, 1.807) is 0 Å². The minimum atomic E-state index is -0.722. The number of carbonyl (C=O) groups excluding carboxylic acids is 2. The lowest BCUT2D eigenvalue weighted by Gasteiger charge is -2.56. The zero-order valence-electron chi connectivity index (χ0n) is 14.6. The van der Waals surface area contributed by atoms with Crippen LogP contribution in [-0.2, 0) is 9.53 Å². The molecule has 1 amide bonds. The van der Waals surface area contributed by atoms with Gasteiger partial charge in [-0.25, -0.2) is 9.18 Å². The molecule has 5 rings (SSSR count). The fraction of sp³-hybridized carbons (Fsp3) is 0.600. The highest BCUT2D eigenvalue weighted by atomic mass is 35.5. The van der Waals surface area contributed by atoms with Crippen molar-refractivity contribution >= 4 is 23.5 Å². The molecule has 6 heteroatoms. The van der Waals surface area contributed by atoms with E-state index in [2.05, 4.69) is 5.32 Å². The number of esters is 1. The predicted octanol–water partition coefficient (Wildman–Crippen LogP) is 3.97. The van der Waals surface area contributed by atoms with Gasteiger partial charge in [-0.2, -0.15) is 0 Å². The number of ether oxygens (including phenoxy) is 1. The van der Waals surface area contributed by atoms with E-state index in [9.17, 15) is 14.0 Å². The molecule has 0 saturated heterocycles. The number of nitrogens with one attached hydrogen (secondary N) is 1. The molecule has 0 radical (unpaired) electrons. The summed E-state index contributed by atoms with van der Waals surface area (Å²) in [5, 5.41) is 2.94. The molecule has 1 aromatic carbocycles. The monoisotopic (exact) mass is 379 g/mol. The van der Waals surface area contributed by atoms with E-state index >= 15 is 0 Å². The molecule has 0 aromatic heterocycles. The molecule has 1 aromatic rings. The molecule has 0 spiro atoms. The molecule has 4 aliphatic carbocycles. The molecule has 0 aliphatic heterocycles. The molecule has 0 unspecified atom stereocenters. The molecule has 4 saturated carbocycles. The molecular formula is C20H23ClFNO3. The van der Waals surface area contributed by atoms with Crippen molar-refractivity contribution in [1.82, 2.24) is 5.32 Å². The Kier molecular flexibility index (Phi) is 4.68. The number of amides is 1. The van der Waals surface area contributed by atoms with Gasteiger partial charge in [0.2, 0.25) is 0 Å². The van der Waals surface area contributed by atoms with Crippen LogP contribution in [0.5, 0.6) is 0 Å². The van der Waals surface area contributed by atoms with Crippen LogP contribution < -0.4 is 5.32 Å². The Morgan fingerprint density at radius 2 is 1.77 bits per heavy atom. The molecule has 1 N–H and O–H groups in total. The van der Waals surface area contributed by atoms with E-state index in [0.29, 0.717) is 6.54 Å². The smallest absolute Gasteiger partial charge is 0.340 e.